The van der Waals surface area contributed by atoms with Gasteiger partial charge in [-0.3, -0.25) is 0 Å². The minimum absolute atomic E-state index is 0.777. The van der Waals surface area contributed by atoms with Crippen LogP contribution in [0.25, 0.3) is 22.2 Å². The summed E-state index contributed by atoms with van der Waals surface area (Å²) in [5.74, 6) is 0.872. The topological polar surface area (TPSA) is 42.8 Å². The number of nitrogens with zero attached hydrogens (tertiary/aromatic N) is 2. The van der Waals surface area contributed by atoms with Gasteiger partial charge in [0.25, 0.3) is 0 Å². The van der Waals surface area contributed by atoms with Crippen LogP contribution in [0.2, 0.25) is 0 Å². The lowest BCUT2D eigenvalue weighted by Gasteiger charge is -2.08. The zero-order valence-corrected chi connectivity index (χ0v) is 12.9. The van der Waals surface area contributed by atoms with Gasteiger partial charge in [-0.15, -0.1) is 0 Å². The van der Waals surface area contributed by atoms with Gasteiger partial charge in [0.05, 0.1) is 25.3 Å². The molecule has 2 aromatic heterocycles. The number of para-hydroxylation sites is 1. The van der Waals surface area contributed by atoms with E-state index in [0.717, 1.165) is 23.5 Å². The molecule has 0 saturated heterocycles. The quantitative estimate of drug-likeness (QED) is 0.617. The summed E-state index contributed by atoms with van der Waals surface area (Å²) in [6.07, 6.45) is 5.84. The van der Waals surface area contributed by atoms with E-state index in [9.17, 15) is 0 Å². The zero-order chi connectivity index (χ0) is 15.6. The number of hydrogen-bond donors (Lipinski definition) is 1. The summed E-state index contributed by atoms with van der Waals surface area (Å²) in [7, 11) is 1.68. The predicted molar refractivity (Wildman–Crippen MR) is 91.6 cm³/mol. The van der Waals surface area contributed by atoms with Crippen LogP contribution in [-0.4, -0.2) is 21.6 Å². The molecule has 1 N–H and O–H groups in total. The Hall–Kier alpha value is -3.01. The maximum atomic E-state index is 5.21. The van der Waals surface area contributed by atoms with E-state index >= 15 is 0 Å². The number of ether oxygens (including phenoxy) is 1. The number of fused-ring (bicyclic) bond motifs is 1. The summed E-state index contributed by atoms with van der Waals surface area (Å²) in [6.45, 7) is 0.777. The standard InChI is InChI=1S/C19H17N3O/c1-23-15-8-6-14(7-9-15)12-22-13-20-11-19(22)17-10-21-18-5-3-2-4-16(17)18/h2-11,13,21H,12H2,1H3. The van der Waals surface area contributed by atoms with E-state index in [4.69, 9.17) is 4.74 Å². The molecule has 2 aromatic carbocycles. The molecule has 4 rings (SSSR count). The van der Waals surface area contributed by atoms with Gasteiger partial charge in [-0.1, -0.05) is 30.3 Å². The summed E-state index contributed by atoms with van der Waals surface area (Å²) in [5, 5.41) is 1.21. The van der Waals surface area contributed by atoms with Crippen molar-refractivity contribution >= 4 is 10.9 Å². The number of aromatic nitrogens is 3. The number of H-pyrrole nitrogens is 1. The second-order valence-corrected chi connectivity index (χ2v) is 5.50. The van der Waals surface area contributed by atoms with Gasteiger partial charge in [0.1, 0.15) is 5.75 Å². The fourth-order valence-electron chi connectivity index (χ4n) is 2.88. The van der Waals surface area contributed by atoms with Crippen molar-refractivity contribution in [2.24, 2.45) is 0 Å². The summed E-state index contributed by atoms with van der Waals surface area (Å²) < 4.78 is 7.38. The van der Waals surface area contributed by atoms with Crippen molar-refractivity contribution in [3.8, 4) is 17.0 Å². The van der Waals surface area contributed by atoms with Crippen molar-refractivity contribution in [1.82, 2.24) is 14.5 Å². The number of benzene rings is 2. The van der Waals surface area contributed by atoms with Crippen LogP contribution in [-0.2, 0) is 6.54 Å². The summed E-state index contributed by atoms with van der Waals surface area (Å²) >= 11 is 0. The number of nitrogens with one attached hydrogen (secondary N) is 1. The normalized spacial score (nSPS) is 11.0. The Kier molecular flexibility index (Phi) is 3.35. The average Bonchev–Trinajstić information content (AvgIpc) is 3.22. The number of methoxy groups -OCH3 is 1. The Labute approximate surface area is 134 Å². The Morgan fingerprint density at radius 2 is 1.91 bits per heavy atom. The highest BCUT2D eigenvalue weighted by Crippen LogP contribution is 2.28. The third-order valence-electron chi connectivity index (χ3n) is 4.09. The van der Waals surface area contributed by atoms with Gasteiger partial charge in [-0.05, 0) is 23.8 Å². The van der Waals surface area contributed by atoms with Crippen LogP contribution in [0.4, 0.5) is 0 Å². The molecule has 0 aliphatic carbocycles. The summed E-state index contributed by atoms with van der Waals surface area (Å²) in [5.41, 5.74) is 4.63. The van der Waals surface area contributed by atoms with Crippen molar-refractivity contribution < 1.29 is 4.74 Å². The van der Waals surface area contributed by atoms with Gasteiger partial charge in [0.2, 0.25) is 0 Å². The molecule has 0 saturated carbocycles. The molecule has 0 amide bonds. The molecule has 0 aliphatic rings. The van der Waals surface area contributed by atoms with Gasteiger partial charge < -0.3 is 14.3 Å². The number of imidazole rings is 1. The zero-order valence-electron chi connectivity index (χ0n) is 12.9. The molecule has 4 heteroatoms. The van der Waals surface area contributed by atoms with Crippen LogP contribution in [0.5, 0.6) is 5.75 Å². The van der Waals surface area contributed by atoms with E-state index in [0.29, 0.717) is 0 Å². The maximum Gasteiger partial charge on any atom is 0.118 e. The van der Waals surface area contributed by atoms with Crippen LogP contribution >= 0.6 is 0 Å². The highest BCUT2D eigenvalue weighted by molar-refractivity contribution is 5.94. The van der Waals surface area contributed by atoms with E-state index in [2.05, 4.69) is 44.9 Å². The maximum absolute atomic E-state index is 5.21. The lowest BCUT2D eigenvalue weighted by molar-refractivity contribution is 0.414. The third-order valence-corrected chi connectivity index (χ3v) is 4.09. The van der Waals surface area contributed by atoms with Gasteiger partial charge in [-0.2, -0.15) is 0 Å². The van der Waals surface area contributed by atoms with Crippen LogP contribution < -0.4 is 4.74 Å². The minimum Gasteiger partial charge on any atom is -0.497 e. The molecular formula is C19H17N3O. The van der Waals surface area contributed by atoms with Gasteiger partial charge in [-0.25, -0.2) is 4.98 Å². The third kappa shape index (κ3) is 2.48. The highest BCUT2D eigenvalue weighted by Gasteiger charge is 2.10. The van der Waals surface area contributed by atoms with Crippen molar-refractivity contribution in [3.05, 3.63) is 72.8 Å². The van der Waals surface area contributed by atoms with Gasteiger partial charge >= 0.3 is 0 Å². The molecule has 0 bridgehead atoms. The smallest absolute Gasteiger partial charge is 0.118 e. The summed E-state index contributed by atoms with van der Waals surface area (Å²) in [4.78, 5) is 7.66. The Morgan fingerprint density at radius 3 is 2.74 bits per heavy atom. The van der Waals surface area contributed by atoms with E-state index in [-0.39, 0.29) is 0 Å². The second-order valence-electron chi connectivity index (χ2n) is 5.50. The van der Waals surface area contributed by atoms with Crippen LogP contribution in [0.1, 0.15) is 5.56 Å². The molecule has 2 heterocycles. The van der Waals surface area contributed by atoms with Crippen LogP contribution in [0.15, 0.2) is 67.3 Å². The first-order chi connectivity index (χ1) is 11.3. The Morgan fingerprint density at radius 1 is 1.09 bits per heavy atom. The molecular weight excluding hydrogens is 286 g/mol. The largest absolute Gasteiger partial charge is 0.497 e. The molecule has 23 heavy (non-hydrogen) atoms. The molecule has 114 valence electrons. The molecule has 0 unspecified atom stereocenters. The molecule has 0 fully saturated rings. The molecule has 0 aliphatic heterocycles. The lowest BCUT2D eigenvalue weighted by atomic mass is 10.1. The summed E-state index contributed by atoms with van der Waals surface area (Å²) in [6, 6.07) is 16.4. The van der Waals surface area contributed by atoms with Crippen molar-refractivity contribution in [3.63, 3.8) is 0 Å². The lowest BCUT2D eigenvalue weighted by Crippen LogP contribution is -2.00. The predicted octanol–water partition coefficient (Wildman–Crippen LogP) is 4.09. The molecule has 0 atom stereocenters. The van der Waals surface area contributed by atoms with Crippen molar-refractivity contribution in [2.75, 3.05) is 7.11 Å². The molecule has 4 aromatic rings. The van der Waals surface area contributed by atoms with Gasteiger partial charge in [0, 0.05) is 29.2 Å². The molecule has 4 nitrogen and oxygen atoms in total. The van der Waals surface area contributed by atoms with E-state index in [1.165, 1.54) is 16.5 Å². The van der Waals surface area contributed by atoms with E-state index < -0.39 is 0 Å². The monoisotopic (exact) mass is 303 g/mol. The average molecular weight is 303 g/mol. The van der Waals surface area contributed by atoms with Crippen molar-refractivity contribution in [1.29, 1.82) is 0 Å². The fourth-order valence-corrected chi connectivity index (χ4v) is 2.88. The van der Waals surface area contributed by atoms with Crippen LogP contribution in [0, 0.1) is 0 Å². The first-order valence-electron chi connectivity index (χ1n) is 7.55. The Balaban J connectivity index is 1.70. The SMILES string of the molecule is COc1ccc(Cn2cncc2-c2c[nH]c3ccccc23)cc1. The fraction of sp³-hybridized carbons (Fsp3) is 0.105. The molecule has 0 spiro atoms. The number of aromatic amines is 1. The molecule has 0 radical (unpaired) electrons. The first kappa shape index (κ1) is 13.6. The van der Waals surface area contributed by atoms with E-state index in [1.54, 1.807) is 7.11 Å². The first-order valence-corrected chi connectivity index (χ1v) is 7.55. The highest BCUT2D eigenvalue weighted by atomic mass is 16.5. The van der Waals surface area contributed by atoms with Gasteiger partial charge in [0.15, 0.2) is 0 Å². The second kappa shape index (κ2) is 5.65. The van der Waals surface area contributed by atoms with Crippen molar-refractivity contribution in [2.45, 2.75) is 6.54 Å². The number of hydrogen-bond acceptors (Lipinski definition) is 2. The van der Waals surface area contributed by atoms with E-state index in [1.807, 2.05) is 36.9 Å². The van der Waals surface area contributed by atoms with Crippen LogP contribution in [0.3, 0.4) is 0 Å². The Bertz CT molecular complexity index is 935. The number of rotatable bonds is 4. The minimum atomic E-state index is 0.777.